The molecule has 1 aromatic carbocycles. The number of ether oxygens (including phenoxy) is 1. The molecule has 22 heavy (non-hydrogen) atoms. The van der Waals surface area contributed by atoms with Gasteiger partial charge in [-0.3, -0.25) is 9.59 Å². The van der Waals surface area contributed by atoms with E-state index in [0.29, 0.717) is 13.1 Å². The first-order valence-electron chi connectivity index (χ1n) is 7.93. The summed E-state index contributed by atoms with van der Waals surface area (Å²) in [6.07, 6.45) is 3.46. The fourth-order valence-electron chi connectivity index (χ4n) is 2.43. The second kappa shape index (κ2) is 9.20. The standard InChI is InChI=1S/C17H24N2O3/c20-16(18-11-10-14-5-2-1-3-6-14)8-9-17(21)19-13-15-7-4-12-22-15/h1-3,5-6,15H,4,7-13H2,(H,18,20)(H,19,21). The summed E-state index contributed by atoms with van der Waals surface area (Å²) < 4.78 is 5.43. The lowest BCUT2D eigenvalue weighted by molar-refractivity contribution is -0.126. The van der Waals surface area contributed by atoms with Crippen LogP contribution in [0, 0.1) is 0 Å². The van der Waals surface area contributed by atoms with Gasteiger partial charge in [-0.1, -0.05) is 30.3 Å². The van der Waals surface area contributed by atoms with Crippen LogP contribution < -0.4 is 10.6 Å². The SMILES string of the molecule is O=C(CCC(=O)NCC1CCCO1)NCCc1ccccc1. The number of hydrogen-bond acceptors (Lipinski definition) is 3. The monoisotopic (exact) mass is 304 g/mol. The van der Waals surface area contributed by atoms with Crippen molar-refractivity contribution in [2.75, 3.05) is 19.7 Å². The van der Waals surface area contributed by atoms with E-state index in [1.807, 2.05) is 30.3 Å². The van der Waals surface area contributed by atoms with Gasteiger partial charge in [-0.2, -0.15) is 0 Å². The molecule has 0 radical (unpaired) electrons. The summed E-state index contributed by atoms with van der Waals surface area (Å²) in [4.78, 5) is 23.3. The quantitative estimate of drug-likeness (QED) is 0.763. The Morgan fingerprint density at radius 3 is 2.50 bits per heavy atom. The summed E-state index contributed by atoms with van der Waals surface area (Å²) in [5.41, 5.74) is 1.19. The van der Waals surface area contributed by atoms with Crippen molar-refractivity contribution >= 4 is 11.8 Å². The van der Waals surface area contributed by atoms with Gasteiger partial charge in [-0.25, -0.2) is 0 Å². The van der Waals surface area contributed by atoms with E-state index in [9.17, 15) is 9.59 Å². The molecule has 2 amide bonds. The van der Waals surface area contributed by atoms with Crippen molar-refractivity contribution in [2.45, 2.75) is 38.2 Å². The summed E-state index contributed by atoms with van der Waals surface area (Å²) in [6, 6.07) is 10.00. The van der Waals surface area contributed by atoms with Gasteiger partial charge in [-0.05, 0) is 24.8 Å². The normalized spacial score (nSPS) is 17.2. The molecule has 1 heterocycles. The van der Waals surface area contributed by atoms with E-state index in [1.54, 1.807) is 0 Å². The van der Waals surface area contributed by atoms with E-state index >= 15 is 0 Å². The molecule has 5 heteroatoms. The third-order valence-electron chi connectivity index (χ3n) is 3.71. The molecule has 2 rings (SSSR count). The largest absolute Gasteiger partial charge is 0.376 e. The van der Waals surface area contributed by atoms with Crippen molar-refractivity contribution in [3.63, 3.8) is 0 Å². The fourth-order valence-corrected chi connectivity index (χ4v) is 2.43. The predicted molar refractivity (Wildman–Crippen MR) is 84.4 cm³/mol. The first kappa shape index (κ1) is 16.5. The van der Waals surface area contributed by atoms with Crippen molar-refractivity contribution in [3.8, 4) is 0 Å². The Balaban J connectivity index is 1.52. The molecule has 1 saturated heterocycles. The van der Waals surface area contributed by atoms with Gasteiger partial charge in [-0.15, -0.1) is 0 Å². The second-order valence-electron chi connectivity index (χ2n) is 5.52. The second-order valence-corrected chi connectivity index (χ2v) is 5.52. The maximum atomic E-state index is 11.7. The van der Waals surface area contributed by atoms with Crippen LogP contribution in [0.1, 0.15) is 31.2 Å². The molecular weight excluding hydrogens is 280 g/mol. The number of hydrogen-bond donors (Lipinski definition) is 2. The highest BCUT2D eigenvalue weighted by Crippen LogP contribution is 2.10. The Bertz CT molecular complexity index is 470. The summed E-state index contributed by atoms with van der Waals surface area (Å²) in [6.45, 7) is 1.93. The van der Waals surface area contributed by atoms with Crippen molar-refractivity contribution in [1.29, 1.82) is 0 Å². The molecule has 0 spiro atoms. The molecular formula is C17H24N2O3. The van der Waals surface area contributed by atoms with Gasteiger partial charge < -0.3 is 15.4 Å². The molecule has 0 bridgehead atoms. The van der Waals surface area contributed by atoms with Crippen LogP contribution >= 0.6 is 0 Å². The van der Waals surface area contributed by atoms with Crippen molar-refractivity contribution in [3.05, 3.63) is 35.9 Å². The minimum absolute atomic E-state index is 0.0804. The smallest absolute Gasteiger partial charge is 0.220 e. The van der Waals surface area contributed by atoms with Gasteiger partial charge in [0.25, 0.3) is 0 Å². The van der Waals surface area contributed by atoms with Gasteiger partial charge in [0, 0.05) is 32.5 Å². The van der Waals surface area contributed by atoms with E-state index in [2.05, 4.69) is 10.6 Å². The molecule has 1 aromatic rings. The number of nitrogens with one attached hydrogen (secondary N) is 2. The van der Waals surface area contributed by atoms with Crippen LogP contribution in [0.5, 0.6) is 0 Å². The Morgan fingerprint density at radius 2 is 1.82 bits per heavy atom. The van der Waals surface area contributed by atoms with Crippen LogP contribution in [0.3, 0.4) is 0 Å². The van der Waals surface area contributed by atoms with Crippen LogP contribution in [0.15, 0.2) is 30.3 Å². The minimum Gasteiger partial charge on any atom is -0.376 e. The average molecular weight is 304 g/mol. The van der Waals surface area contributed by atoms with Gasteiger partial charge in [0.1, 0.15) is 0 Å². The lowest BCUT2D eigenvalue weighted by Crippen LogP contribution is -2.33. The third-order valence-corrected chi connectivity index (χ3v) is 3.71. The van der Waals surface area contributed by atoms with Crippen LogP contribution in [0.2, 0.25) is 0 Å². The molecule has 1 aliphatic heterocycles. The zero-order valence-corrected chi connectivity index (χ0v) is 12.8. The Morgan fingerprint density at radius 1 is 1.09 bits per heavy atom. The van der Waals surface area contributed by atoms with E-state index in [-0.39, 0.29) is 30.8 Å². The Hall–Kier alpha value is -1.88. The number of amides is 2. The lowest BCUT2D eigenvalue weighted by atomic mass is 10.1. The van der Waals surface area contributed by atoms with Gasteiger partial charge in [0.15, 0.2) is 0 Å². The number of rotatable bonds is 8. The topological polar surface area (TPSA) is 67.4 Å². The number of benzene rings is 1. The zero-order valence-electron chi connectivity index (χ0n) is 12.8. The van der Waals surface area contributed by atoms with E-state index in [1.165, 1.54) is 5.56 Å². The summed E-state index contributed by atoms with van der Waals surface area (Å²) in [5.74, 6) is -0.170. The summed E-state index contributed by atoms with van der Waals surface area (Å²) in [5, 5.41) is 5.66. The van der Waals surface area contributed by atoms with Crippen molar-refractivity contribution in [1.82, 2.24) is 10.6 Å². The Kier molecular flexibility index (Phi) is 6.90. The molecule has 0 saturated carbocycles. The highest BCUT2D eigenvalue weighted by molar-refractivity contribution is 5.83. The Labute approximate surface area is 131 Å². The fraction of sp³-hybridized carbons (Fsp3) is 0.529. The minimum atomic E-state index is -0.0892. The number of carbonyl (C=O) groups excluding carboxylic acids is 2. The highest BCUT2D eigenvalue weighted by atomic mass is 16.5. The zero-order chi connectivity index (χ0) is 15.6. The molecule has 1 aliphatic rings. The lowest BCUT2D eigenvalue weighted by Gasteiger charge is -2.10. The molecule has 1 fully saturated rings. The molecule has 5 nitrogen and oxygen atoms in total. The van der Waals surface area contributed by atoms with Crippen LogP contribution in [-0.4, -0.2) is 37.6 Å². The molecule has 120 valence electrons. The summed E-state index contributed by atoms with van der Waals surface area (Å²) >= 11 is 0. The maximum Gasteiger partial charge on any atom is 0.220 e. The average Bonchev–Trinajstić information content (AvgIpc) is 3.05. The van der Waals surface area contributed by atoms with E-state index < -0.39 is 0 Å². The third kappa shape index (κ3) is 6.26. The maximum absolute atomic E-state index is 11.7. The molecule has 0 aromatic heterocycles. The first-order valence-corrected chi connectivity index (χ1v) is 7.93. The molecule has 0 aliphatic carbocycles. The predicted octanol–water partition coefficient (Wildman–Crippen LogP) is 1.42. The van der Waals surface area contributed by atoms with E-state index in [0.717, 1.165) is 25.9 Å². The van der Waals surface area contributed by atoms with Gasteiger partial charge in [0.05, 0.1) is 6.10 Å². The molecule has 1 unspecified atom stereocenters. The highest BCUT2D eigenvalue weighted by Gasteiger charge is 2.16. The first-order chi connectivity index (χ1) is 10.7. The van der Waals surface area contributed by atoms with Crippen LogP contribution in [0.4, 0.5) is 0 Å². The molecule has 1 atom stereocenters. The number of carbonyl (C=O) groups is 2. The summed E-state index contributed by atoms with van der Waals surface area (Å²) in [7, 11) is 0. The van der Waals surface area contributed by atoms with E-state index in [4.69, 9.17) is 4.74 Å². The van der Waals surface area contributed by atoms with Gasteiger partial charge >= 0.3 is 0 Å². The molecule has 2 N–H and O–H groups in total. The van der Waals surface area contributed by atoms with Crippen LogP contribution in [-0.2, 0) is 20.7 Å². The van der Waals surface area contributed by atoms with Crippen LogP contribution in [0.25, 0.3) is 0 Å². The van der Waals surface area contributed by atoms with Crippen molar-refractivity contribution < 1.29 is 14.3 Å². The van der Waals surface area contributed by atoms with Gasteiger partial charge in [0.2, 0.25) is 11.8 Å². The van der Waals surface area contributed by atoms with Crippen molar-refractivity contribution in [2.24, 2.45) is 0 Å².